The fourth-order valence-corrected chi connectivity index (χ4v) is 7.09. The zero-order valence-corrected chi connectivity index (χ0v) is 21.1. The number of amides is 1. The highest BCUT2D eigenvalue weighted by Crippen LogP contribution is 2.32. The third-order valence-electron chi connectivity index (χ3n) is 5.91. The van der Waals surface area contributed by atoms with E-state index in [1.807, 2.05) is 41.0 Å². The van der Waals surface area contributed by atoms with Crippen molar-refractivity contribution >= 4 is 54.8 Å². The monoisotopic (exact) mass is 523 g/mol. The largest absolute Gasteiger partial charge is 0.312 e. The van der Waals surface area contributed by atoms with Crippen LogP contribution in [0.2, 0.25) is 5.02 Å². The number of benzene rings is 3. The average Bonchev–Trinajstić information content (AvgIpc) is 3.19. The van der Waals surface area contributed by atoms with E-state index in [1.54, 1.807) is 12.1 Å². The van der Waals surface area contributed by atoms with Crippen LogP contribution in [0, 0.1) is 0 Å². The number of thiazole rings is 1. The predicted octanol–water partition coefficient (Wildman–Crippen LogP) is 5.42. The number of hydrogen-bond acceptors (Lipinski definition) is 4. The molecule has 0 fully saturated rings. The van der Waals surface area contributed by atoms with Gasteiger partial charge < -0.3 is 4.57 Å². The predicted molar refractivity (Wildman–Crippen MR) is 141 cm³/mol. The zero-order valence-electron chi connectivity index (χ0n) is 18.7. The summed E-state index contributed by atoms with van der Waals surface area (Å²) in [6.07, 6.45) is 3.35. The number of fused-ring (bicyclic) bond motifs is 2. The highest BCUT2D eigenvalue weighted by atomic mass is 35.5. The van der Waals surface area contributed by atoms with Crippen molar-refractivity contribution in [2.75, 3.05) is 10.8 Å². The van der Waals surface area contributed by atoms with Crippen LogP contribution >= 0.6 is 22.9 Å². The van der Waals surface area contributed by atoms with Crippen LogP contribution in [0.3, 0.4) is 0 Å². The molecule has 4 aromatic rings. The lowest BCUT2D eigenvalue weighted by Gasteiger charge is -2.30. The van der Waals surface area contributed by atoms with E-state index < -0.39 is 15.9 Å². The van der Waals surface area contributed by atoms with Gasteiger partial charge in [0, 0.05) is 23.7 Å². The summed E-state index contributed by atoms with van der Waals surface area (Å²) < 4.78 is 31.0. The Balaban J connectivity index is 1.47. The smallest absolute Gasteiger partial charge is 0.279 e. The molecule has 5 rings (SSSR count). The minimum Gasteiger partial charge on any atom is -0.312 e. The molecule has 1 aromatic heterocycles. The van der Waals surface area contributed by atoms with Crippen molar-refractivity contribution in [2.24, 2.45) is 4.99 Å². The van der Waals surface area contributed by atoms with Crippen LogP contribution in [-0.2, 0) is 23.0 Å². The summed E-state index contributed by atoms with van der Waals surface area (Å²) in [6, 6.07) is 19.0. The number of anilines is 1. The van der Waals surface area contributed by atoms with E-state index in [-0.39, 0.29) is 4.90 Å². The van der Waals surface area contributed by atoms with Crippen LogP contribution in [-0.4, -0.2) is 25.4 Å². The molecule has 0 radical (unpaired) electrons. The van der Waals surface area contributed by atoms with Gasteiger partial charge in [-0.3, -0.25) is 9.10 Å². The molecule has 35 heavy (non-hydrogen) atoms. The lowest BCUT2D eigenvalue weighted by molar-refractivity contribution is 0.0998. The first-order valence-corrected chi connectivity index (χ1v) is 13.7. The molecule has 6 nitrogen and oxygen atoms in total. The van der Waals surface area contributed by atoms with E-state index in [1.165, 1.54) is 39.9 Å². The molecule has 0 unspecified atom stereocenters. The van der Waals surface area contributed by atoms with Gasteiger partial charge in [0.2, 0.25) is 0 Å². The van der Waals surface area contributed by atoms with Gasteiger partial charge in [0.25, 0.3) is 15.9 Å². The summed E-state index contributed by atoms with van der Waals surface area (Å²) in [6.45, 7) is 4.71. The Morgan fingerprint density at radius 3 is 2.66 bits per heavy atom. The molecule has 2 heterocycles. The van der Waals surface area contributed by atoms with Gasteiger partial charge in [0.15, 0.2) is 4.80 Å². The molecule has 0 atom stereocenters. The number of carbonyl (C=O) groups is 1. The van der Waals surface area contributed by atoms with Gasteiger partial charge in [-0.05, 0) is 66.9 Å². The molecule has 1 amide bonds. The fourth-order valence-electron chi connectivity index (χ4n) is 4.23. The number of rotatable bonds is 5. The number of sulfonamides is 1. The van der Waals surface area contributed by atoms with Crippen molar-refractivity contribution in [3.05, 3.63) is 100 Å². The van der Waals surface area contributed by atoms with Gasteiger partial charge in [0.1, 0.15) is 0 Å². The Morgan fingerprint density at radius 2 is 1.89 bits per heavy atom. The molecular formula is C26H22ClN3O3S2. The molecular weight excluding hydrogens is 502 g/mol. The molecule has 0 spiro atoms. The number of aryl methyl sites for hydroxylation is 1. The lowest BCUT2D eigenvalue weighted by atomic mass is 10.0. The first-order valence-electron chi connectivity index (χ1n) is 11.1. The highest BCUT2D eigenvalue weighted by Gasteiger charge is 2.29. The Labute approximate surface area is 212 Å². The van der Waals surface area contributed by atoms with Crippen molar-refractivity contribution in [3.63, 3.8) is 0 Å². The summed E-state index contributed by atoms with van der Waals surface area (Å²) in [5.74, 6) is -0.451. The third kappa shape index (κ3) is 4.45. The van der Waals surface area contributed by atoms with Gasteiger partial charge in [-0.25, -0.2) is 8.42 Å². The molecule has 1 aliphatic rings. The minimum atomic E-state index is -3.75. The summed E-state index contributed by atoms with van der Waals surface area (Å²) in [5, 5.41) is 0.607. The second kappa shape index (κ2) is 9.45. The van der Waals surface area contributed by atoms with Crippen molar-refractivity contribution < 1.29 is 13.2 Å². The normalized spacial score (nSPS) is 14.2. The first-order chi connectivity index (χ1) is 16.9. The molecule has 1 aliphatic heterocycles. The van der Waals surface area contributed by atoms with Crippen LogP contribution in [0.4, 0.5) is 5.69 Å². The number of nitrogens with zero attached hydrogens (tertiary/aromatic N) is 3. The maximum Gasteiger partial charge on any atom is 0.279 e. The van der Waals surface area contributed by atoms with Gasteiger partial charge in [-0.1, -0.05) is 47.2 Å². The van der Waals surface area contributed by atoms with Gasteiger partial charge in [-0.15, -0.1) is 6.58 Å². The third-order valence-corrected chi connectivity index (χ3v) is 9.01. The minimum absolute atomic E-state index is 0.143. The summed E-state index contributed by atoms with van der Waals surface area (Å²) in [5.41, 5.74) is 2.95. The molecule has 178 valence electrons. The zero-order chi connectivity index (χ0) is 24.6. The Bertz CT molecular complexity index is 1620. The van der Waals surface area contributed by atoms with Gasteiger partial charge in [0.05, 0.1) is 20.8 Å². The Hall–Kier alpha value is -3.20. The quantitative estimate of drug-likeness (QED) is 0.328. The first kappa shape index (κ1) is 23.5. The topological polar surface area (TPSA) is 71.7 Å². The molecule has 0 saturated carbocycles. The van der Waals surface area contributed by atoms with Crippen molar-refractivity contribution in [3.8, 4) is 0 Å². The maximum absolute atomic E-state index is 13.4. The Morgan fingerprint density at radius 1 is 1.11 bits per heavy atom. The second-order valence-electron chi connectivity index (χ2n) is 8.15. The molecule has 0 N–H and O–H groups in total. The van der Waals surface area contributed by atoms with Crippen LogP contribution < -0.4 is 9.11 Å². The highest BCUT2D eigenvalue weighted by molar-refractivity contribution is 7.92. The number of halogens is 1. The summed E-state index contributed by atoms with van der Waals surface area (Å²) >= 11 is 7.48. The summed E-state index contributed by atoms with van der Waals surface area (Å²) in [7, 11) is -3.75. The second-order valence-corrected chi connectivity index (χ2v) is 11.5. The van der Waals surface area contributed by atoms with E-state index in [9.17, 15) is 13.2 Å². The average molecular weight is 524 g/mol. The van der Waals surface area contributed by atoms with Gasteiger partial charge >= 0.3 is 0 Å². The van der Waals surface area contributed by atoms with E-state index in [4.69, 9.17) is 11.6 Å². The number of aromatic nitrogens is 1. The molecule has 0 aliphatic carbocycles. The Kier molecular flexibility index (Phi) is 6.35. The number of hydrogen-bond donors (Lipinski definition) is 0. The van der Waals surface area contributed by atoms with E-state index >= 15 is 0 Å². The van der Waals surface area contributed by atoms with E-state index in [0.717, 1.165) is 28.6 Å². The van der Waals surface area contributed by atoms with Crippen LogP contribution in [0.15, 0.2) is 89.3 Å². The lowest BCUT2D eigenvalue weighted by Crippen LogP contribution is -2.35. The van der Waals surface area contributed by atoms with E-state index in [0.29, 0.717) is 34.2 Å². The maximum atomic E-state index is 13.4. The molecule has 0 bridgehead atoms. The summed E-state index contributed by atoms with van der Waals surface area (Å²) in [4.78, 5) is 17.9. The fraction of sp³-hybridized carbons (Fsp3) is 0.154. The van der Waals surface area contributed by atoms with Crippen LogP contribution in [0.1, 0.15) is 22.3 Å². The van der Waals surface area contributed by atoms with Crippen molar-refractivity contribution in [1.82, 2.24) is 4.57 Å². The number of para-hydroxylation sites is 1. The number of allylic oxidation sites excluding steroid dienone is 1. The van der Waals surface area contributed by atoms with Crippen molar-refractivity contribution in [2.45, 2.75) is 24.3 Å². The van der Waals surface area contributed by atoms with E-state index in [2.05, 4.69) is 11.6 Å². The molecule has 0 saturated heterocycles. The SMILES string of the molecule is C=CCn1c(=NC(=O)c2ccc(S(=O)(=O)N3CCCc4ccccc43)cc2)sc2cc(Cl)ccc21. The van der Waals surface area contributed by atoms with Gasteiger partial charge in [-0.2, -0.15) is 4.99 Å². The number of carbonyl (C=O) groups excluding carboxylic acids is 1. The standard InChI is InChI=1S/C26H22ClN3O3S2/c1-2-15-29-23-14-11-20(27)17-24(23)34-26(29)28-25(31)19-9-12-21(13-10-19)35(32,33)30-16-5-7-18-6-3-4-8-22(18)30/h2-4,6,8-14,17H,1,5,7,15-16H2. The van der Waals surface area contributed by atoms with Crippen LogP contribution in [0.25, 0.3) is 10.2 Å². The van der Waals surface area contributed by atoms with Crippen molar-refractivity contribution in [1.29, 1.82) is 0 Å². The molecule has 9 heteroatoms. The molecule has 3 aromatic carbocycles. The van der Waals surface area contributed by atoms with Crippen LogP contribution in [0.5, 0.6) is 0 Å².